The maximum absolute atomic E-state index is 14.6. The second kappa shape index (κ2) is 10.6. The first-order valence-corrected chi connectivity index (χ1v) is 12.4. The Bertz CT molecular complexity index is 1370. The molecular formula is C27H32FN7O3. The van der Waals surface area contributed by atoms with Crippen LogP contribution in [0.4, 0.5) is 21.0 Å². The predicted molar refractivity (Wildman–Crippen MR) is 141 cm³/mol. The van der Waals surface area contributed by atoms with Gasteiger partial charge in [-0.1, -0.05) is 24.6 Å². The van der Waals surface area contributed by atoms with Crippen molar-refractivity contribution in [1.82, 2.24) is 24.8 Å². The van der Waals surface area contributed by atoms with E-state index < -0.39 is 41.7 Å². The first-order valence-electron chi connectivity index (χ1n) is 12.4. The number of urea groups is 1. The zero-order valence-electron chi connectivity index (χ0n) is 22.1. The maximum Gasteiger partial charge on any atom is 0.325 e. The minimum absolute atomic E-state index is 0.199. The first-order chi connectivity index (χ1) is 18.0. The number of rotatable bonds is 7. The number of nitrogens with two attached hydrogens (primary N) is 1. The SMILES string of the molecule is CC[C@@H](NC(=O)N1C(=O)[C@H](Cc2cc(C)nc(N)c2)[C@H]1C(=O)N(C)c1nccn1C)c1cc(C)ccc1F. The molecule has 0 radical (unpaired) electrons. The van der Waals surface area contributed by atoms with Crippen LogP contribution < -0.4 is 16.0 Å². The van der Waals surface area contributed by atoms with Crippen molar-refractivity contribution >= 4 is 29.6 Å². The number of nitrogens with one attached hydrogen (secondary N) is 1. The number of likely N-dealkylation sites (N-methyl/N-ethyl adjacent to an activating group) is 1. The van der Waals surface area contributed by atoms with E-state index in [0.717, 1.165) is 16.0 Å². The van der Waals surface area contributed by atoms with Gasteiger partial charge in [0.1, 0.15) is 17.7 Å². The van der Waals surface area contributed by atoms with Gasteiger partial charge in [0, 0.05) is 37.7 Å². The van der Waals surface area contributed by atoms with Gasteiger partial charge in [0.15, 0.2) is 0 Å². The predicted octanol–water partition coefficient (Wildman–Crippen LogP) is 3.05. The lowest BCUT2D eigenvalue weighted by molar-refractivity contribution is -0.156. The summed E-state index contributed by atoms with van der Waals surface area (Å²) in [7, 11) is 3.29. The molecular weight excluding hydrogens is 489 g/mol. The van der Waals surface area contributed by atoms with Crippen LogP contribution in [0.25, 0.3) is 0 Å². The van der Waals surface area contributed by atoms with Crippen LogP contribution in [0.15, 0.2) is 42.7 Å². The maximum atomic E-state index is 14.6. The molecule has 38 heavy (non-hydrogen) atoms. The van der Waals surface area contributed by atoms with E-state index in [0.29, 0.717) is 29.4 Å². The van der Waals surface area contributed by atoms with Gasteiger partial charge in [-0.2, -0.15) is 0 Å². The number of anilines is 2. The molecule has 10 nitrogen and oxygen atoms in total. The highest BCUT2D eigenvalue weighted by atomic mass is 19.1. The van der Waals surface area contributed by atoms with Gasteiger partial charge in [-0.05, 0) is 50.5 Å². The summed E-state index contributed by atoms with van der Waals surface area (Å²) in [6, 6.07) is 5.59. The van der Waals surface area contributed by atoms with E-state index in [1.165, 1.54) is 11.0 Å². The second-order valence-corrected chi connectivity index (χ2v) is 9.68. The van der Waals surface area contributed by atoms with Gasteiger partial charge >= 0.3 is 6.03 Å². The number of halogens is 1. The topological polar surface area (TPSA) is 126 Å². The van der Waals surface area contributed by atoms with Crippen molar-refractivity contribution in [2.45, 2.75) is 45.7 Å². The number of imidazole rings is 1. The van der Waals surface area contributed by atoms with Crippen molar-refractivity contribution in [3.63, 3.8) is 0 Å². The Balaban J connectivity index is 1.63. The third-order valence-corrected chi connectivity index (χ3v) is 6.83. The number of nitrogen functional groups attached to an aromatic ring is 1. The standard InChI is InChI=1S/C27H32FN7O3/c1-6-21(18-11-15(2)7-8-20(18)28)32-27(38)35-23(25(37)34(5)26-30-9-10-33(26)4)19(24(35)36)13-17-12-16(3)31-22(29)14-17/h7-12,14,19,21,23H,6,13H2,1-5H3,(H2,29,31)(H,32,38)/t19-,21-,23+/m1/s1. The van der Waals surface area contributed by atoms with Gasteiger partial charge in [-0.15, -0.1) is 0 Å². The van der Waals surface area contributed by atoms with Crippen LogP contribution >= 0.6 is 0 Å². The quantitative estimate of drug-likeness (QED) is 0.460. The van der Waals surface area contributed by atoms with E-state index in [1.807, 2.05) is 6.92 Å². The minimum atomic E-state index is -1.08. The van der Waals surface area contributed by atoms with Crippen LogP contribution in [0, 0.1) is 25.6 Å². The molecule has 0 saturated carbocycles. The monoisotopic (exact) mass is 521 g/mol. The van der Waals surface area contributed by atoms with Gasteiger partial charge in [-0.3, -0.25) is 19.4 Å². The summed E-state index contributed by atoms with van der Waals surface area (Å²) in [5.74, 6) is -1.54. The molecule has 0 aliphatic carbocycles. The van der Waals surface area contributed by atoms with Crippen LogP contribution in [0.3, 0.4) is 0 Å². The van der Waals surface area contributed by atoms with Crippen LogP contribution in [0.1, 0.15) is 41.8 Å². The highest BCUT2D eigenvalue weighted by Gasteiger charge is 2.55. The van der Waals surface area contributed by atoms with Crippen LogP contribution in [-0.4, -0.2) is 50.4 Å². The summed E-state index contributed by atoms with van der Waals surface area (Å²) < 4.78 is 16.3. The molecule has 1 aliphatic rings. The molecule has 4 rings (SSSR count). The molecule has 3 heterocycles. The number of amides is 4. The number of benzene rings is 1. The number of carbonyl (C=O) groups is 3. The third-order valence-electron chi connectivity index (χ3n) is 6.83. The van der Waals surface area contributed by atoms with E-state index in [2.05, 4.69) is 15.3 Å². The number of likely N-dealkylation sites (tertiary alicyclic amines) is 1. The van der Waals surface area contributed by atoms with Crippen LogP contribution in [0.5, 0.6) is 0 Å². The molecule has 1 aliphatic heterocycles. The number of hydrogen-bond acceptors (Lipinski definition) is 6. The zero-order chi connectivity index (χ0) is 27.7. The number of β-lactam (4-membered cyclic amide) rings is 1. The van der Waals surface area contributed by atoms with Crippen molar-refractivity contribution in [2.24, 2.45) is 13.0 Å². The number of pyridine rings is 1. The summed E-state index contributed by atoms with van der Waals surface area (Å²) in [5.41, 5.74) is 8.46. The Kier molecular flexibility index (Phi) is 7.47. The largest absolute Gasteiger partial charge is 0.384 e. The fraction of sp³-hybridized carbons (Fsp3) is 0.370. The van der Waals surface area contributed by atoms with E-state index in [1.54, 1.807) is 69.2 Å². The lowest BCUT2D eigenvalue weighted by Crippen LogP contribution is -2.70. The van der Waals surface area contributed by atoms with Crippen molar-refractivity contribution in [1.29, 1.82) is 0 Å². The Morgan fingerprint density at radius 2 is 1.97 bits per heavy atom. The molecule has 11 heteroatoms. The van der Waals surface area contributed by atoms with E-state index >= 15 is 0 Å². The van der Waals surface area contributed by atoms with Gasteiger partial charge in [0.05, 0.1) is 12.0 Å². The Labute approximate surface area is 220 Å². The number of nitrogens with zero attached hydrogens (tertiary/aromatic N) is 5. The first kappa shape index (κ1) is 26.8. The fourth-order valence-electron chi connectivity index (χ4n) is 4.92. The Morgan fingerprint density at radius 1 is 1.24 bits per heavy atom. The summed E-state index contributed by atoms with van der Waals surface area (Å²) in [4.78, 5) is 51.1. The molecule has 1 saturated heterocycles. The number of imide groups is 1. The molecule has 3 atom stereocenters. The fourth-order valence-corrected chi connectivity index (χ4v) is 4.92. The second-order valence-electron chi connectivity index (χ2n) is 9.68. The van der Waals surface area contributed by atoms with Gasteiger partial charge in [0.25, 0.3) is 5.91 Å². The summed E-state index contributed by atoms with van der Waals surface area (Å²) in [5, 5.41) is 2.76. The minimum Gasteiger partial charge on any atom is -0.384 e. The molecule has 1 aromatic carbocycles. The smallest absolute Gasteiger partial charge is 0.325 e. The average Bonchev–Trinajstić information content (AvgIpc) is 3.29. The molecule has 4 amide bonds. The molecule has 0 bridgehead atoms. The number of aromatic nitrogens is 3. The highest BCUT2D eigenvalue weighted by molar-refractivity contribution is 6.12. The molecule has 200 valence electrons. The van der Waals surface area contributed by atoms with E-state index in [4.69, 9.17) is 5.73 Å². The molecule has 3 aromatic rings. The molecule has 1 fully saturated rings. The van der Waals surface area contributed by atoms with E-state index in [9.17, 15) is 18.8 Å². The molecule has 0 unspecified atom stereocenters. The van der Waals surface area contributed by atoms with Gasteiger partial charge in [0.2, 0.25) is 11.9 Å². The summed E-state index contributed by atoms with van der Waals surface area (Å²) in [6.07, 6.45) is 3.83. The van der Waals surface area contributed by atoms with Crippen molar-refractivity contribution < 1.29 is 18.8 Å². The summed E-state index contributed by atoms with van der Waals surface area (Å²) >= 11 is 0. The molecule has 3 N–H and O–H groups in total. The molecule has 0 spiro atoms. The Morgan fingerprint density at radius 3 is 2.61 bits per heavy atom. The van der Waals surface area contributed by atoms with Crippen LogP contribution in [0.2, 0.25) is 0 Å². The number of aryl methyl sites for hydroxylation is 3. The zero-order valence-corrected chi connectivity index (χ0v) is 22.1. The van der Waals surface area contributed by atoms with Gasteiger partial charge < -0.3 is 15.6 Å². The van der Waals surface area contributed by atoms with Crippen molar-refractivity contribution in [2.75, 3.05) is 17.7 Å². The normalized spacial score (nSPS) is 17.6. The van der Waals surface area contributed by atoms with E-state index in [-0.39, 0.29) is 6.42 Å². The number of hydrogen-bond donors (Lipinski definition) is 2. The van der Waals surface area contributed by atoms with Crippen LogP contribution in [-0.2, 0) is 23.1 Å². The lowest BCUT2D eigenvalue weighted by atomic mass is 9.81. The average molecular weight is 522 g/mol. The number of carbonyl (C=O) groups excluding carboxylic acids is 3. The lowest BCUT2D eigenvalue weighted by Gasteiger charge is -2.45. The van der Waals surface area contributed by atoms with Crippen molar-refractivity contribution in [3.05, 3.63) is 70.9 Å². The van der Waals surface area contributed by atoms with Crippen molar-refractivity contribution in [3.8, 4) is 0 Å². The van der Waals surface area contributed by atoms with Gasteiger partial charge in [-0.25, -0.2) is 19.2 Å². The summed E-state index contributed by atoms with van der Waals surface area (Å²) in [6.45, 7) is 5.42. The third kappa shape index (κ3) is 5.09. The Hall–Kier alpha value is -4.28. The molecule has 2 aromatic heterocycles. The highest BCUT2D eigenvalue weighted by Crippen LogP contribution is 2.33.